The van der Waals surface area contributed by atoms with Gasteiger partial charge >= 0.3 is 0 Å². The molecule has 3 rings (SSSR count). The maximum absolute atomic E-state index is 12.3. The number of carbonyl (C=O) groups is 1. The van der Waals surface area contributed by atoms with E-state index in [2.05, 4.69) is 20.8 Å². The molecular formula is C18H18ClN5O3S3. The van der Waals surface area contributed by atoms with Gasteiger partial charge < -0.3 is 10.6 Å². The first kappa shape index (κ1) is 22.5. The minimum absolute atomic E-state index is 0.0422. The van der Waals surface area contributed by atoms with E-state index in [9.17, 15) is 13.2 Å². The summed E-state index contributed by atoms with van der Waals surface area (Å²) in [7, 11) is -0.771. The van der Waals surface area contributed by atoms with Crippen molar-refractivity contribution in [1.82, 2.24) is 14.5 Å². The fourth-order valence-electron chi connectivity index (χ4n) is 2.25. The number of rotatable bonds is 8. The number of para-hydroxylation sites is 1. The van der Waals surface area contributed by atoms with E-state index in [-0.39, 0.29) is 27.3 Å². The molecule has 2 N–H and O–H groups in total. The van der Waals surface area contributed by atoms with Crippen molar-refractivity contribution in [3.8, 4) is 0 Å². The van der Waals surface area contributed by atoms with Crippen LogP contribution in [-0.4, -0.2) is 48.7 Å². The summed E-state index contributed by atoms with van der Waals surface area (Å²) in [6.07, 6.45) is 0. The van der Waals surface area contributed by atoms with Crippen LogP contribution in [0.1, 0.15) is 0 Å². The molecular weight excluding hydrogens is 466 g/mol. The number of nitrogens with one attached hydrogen (secondary N) is 2. The highest BCUT2D eigenvalue weighted by Crippen LogP contribution is 2.29. The zero-order valence-electron chi connectivity index (χ0n) is 16.0. The quantitative estimate of drug-likeness (QED) is 0.468. The molecule has 8 nitrogen and oxygen atoms in total. The Morgan fingerprint density at radius 1 is 1.17 bits per heavy atom. The zero-order chi connectivity index (χ0) is 21.7. The molecule has 0 radical (unpaired) electrons. The number of hydrogen-bond acceptors (Lipinski definition) is 8. The smallest absolute Gasteiger partial charge is 0.242 e. The van der Waals surface area contributed by atoms with Gasteiger partial charge in [0.15, 0.2) is 4.34 Å². The Labute approximate surface area is 187 Å². The van der Waals surface area contributed by atoms with Gasteiger partial charge in [0.2, 0.25) is 21.1 Å². The molecule has 0 saturated heterocycles. The topological polar surface area (TPSA) is 104 Å². The molecule has 1 heterocycles. The minimum atomic E-state index is -3.64. The van der Waals surface area contributed by atoms with Crippen LogP contribution in [0.5, 0.6) is 0 Å². The van der Waals surface area contributed by atoms with Gasteiger partial charge in [-0.25, -0.2) is 12.7 Å². The molecule has 1 amide bonds. The van der Waals surface area contributed by atoms with Crippen LogP contribution in [-0.2, 0) is 14.8 Å². The third-order valence-corrected chi connectivity index (χ3v) is 7.86. The Morgan fingerprint density at radius 2 is 1.90 bits per heavy atom. The molecule has 0 aliphatic carbocycles. The van der Waals surface area contributed by atoms with Gasteiger partial charge in [0.25, 0.3) is 0 Å². The number of anilines is 3. The highest BCUT2D eigenvalue weighted by Gasteiger charge is 2.19. The fraction of sp³-hybridized carbons (Fsp3) is 0.167. The molecule has 0 aliphatic rings. The molecule has 2 aromatic carbocycles. The predicted molar refractivity (Wildman–Crippen MR) is 121 cm³/mol. The van der Waals surface area contributed by atoms with E-state index in [0.29, 0.717) is 9.47 Å². The molecule has 0 saturated carbocycles. The van der Waals surface area contributed by atoms with E-state index in [4.69, 9.17) is 11.6 Å². The predicted octanol–water partition coefficient (Wildman–Crippen LogP) is 3.92. The van der Waals surface area contributed by atoms with Crippen molar-refractivity contribution in [3.05, 3.63) is 53.6 Å². The molecule has 30 heavy (non-hydrogen) atoms. The van der Waals surface area contributed by atoms with Gasteiger partial charge in [-0.2, -0.15) is 0 Å². The maximum atomic E-state index is 12.3. The molecule has 0 bridgehead atoms. The lowest BCUT2D eigenvalue weighted by Crippen LogP contribution is -2.22. The van der Waals surface area contributed by atoms with Gasteiger partial charge in [-0.05, 0) is 30.3 Å². The van der Waals surface area contributed by atoms with E-state index in [0.717, 1.165) is 9.99 Å². The summed E-state index contributed by atoms with van der Waals surface area (Å²) in [4.78, 5) is 12.4. The van der Waals surface area contributed by atoms with E-state index in [1.807, 2.05) is 30.3 Å². The Balaban J connectivity index is 1.60. The van der Waals surface area contributed by atoms with Gasteiger partial charge in [0.05, 0.1) is 21.4 Å². The normalized spacial score (nSPS) is 11.5. The number of thioether (sulfide) groups is 1. The first-order chi connectivity index (χ1) is 14.3. The third kappa shape index (κ3) is 5.70. The van der Waals surface area contributed by atoms with Crippen LogP contribution in [0.15, 0.2) is 57.8 Å². The SMILES string of the molecule is CN(C)S(=O)(=O)c1ccc(Cl)c(NC(=O)CSc2nnc(Nc3ccccc3)s2)c1. The van der Waals surface area contributed by atoms with Gasteiger partial charge in [-0.3, -0.25) is 4.79 Å². The number of hydrogen-bond donors (Lipinski definition) is 2. The first-order valence-electron chi connectivity index (χ1n) is 8.56. The molecule has 3 aromatic rings. The second kappa shape index (κ2) is 9.75. The number of halogens is 1. The highest BCUT2D eigenvalue weighted by molar-refractivity contribution is 8.01. The summed E-state index contributed by atoms with van der Waals surface area (Å²) in [5.41, 5.74) is 1.12. The monoisotopic (exact) mass is 483 g/mol. The Kier molecular flexibility index (Phi) is 7.32. The largest absolute Gasteiger partial charge is 0.330 e. The standard InChI is InChI=1S/C18H18ClN5O3S3/c1-24(2)30(26,27)13-8-9-14(19)15(10-13)21-16(25)11-28-18-23-22-17(29-18)20-12-6-4-3-5-7-12/h3-10H,11H2,1-2H3,(H,20,22)(H,21,25). The average Bonchev–Trinajstić information content (AvgIpc) is 3.16. The number of carbonyl (C=O) groups excluding carboxylic acids is 1. The van der Waals surface area contributed by atoms with E-state index >= 15 is 0 Å². The van der Waals surface area contributed by atoms with Crippen molar-refractivity contribution in [2.24, 2.45) is 0 Å². The van der Waals surface area contributed by atoms with Crippen LogP contribution in [0.25, 0.3) is 0 Å². The van der Waals surface area contributed by atoms with E-state index < -0.39 is 10.0 Å². The first-order valence-corrected chi connectivity index (χ1v) is 12.2. The Bertz CT molecular complexity index is 1140. The Morgan fingerprint density at radius 3 is 2.60 bits per heavy atom. The van der Waals surface area contributed by atoms with Crippen LogP contribution in [0.4, 0.5) is 16.5 Å². The van der Waals surface area contributed by atoms with Crippen LogP contribution >= 0.6 is 34.7 Å². The Hall–Kier alpha value is -2.18. The van der Waals surface area contributed by atoms with Crippen molar-refractivity contribution in [2.45, 2.75) is 9.24 Å². The summed E-state index contributed by atoms with van der Waals surface area (Å²) < 4.78 is 26.3. The summed E-state index contributed by atoms with van der Waals surface area (Å²) in [5.74, 6) is -0.268. The highest BCUT2D eigenvalue weighted by atomic mass is 35.5. The number of benzene rings is 2. The zero-order valence-corrected chi connectivity index (χ0v) is 19.2. The van der Waals surface area contributed by atoms with Crippen molar-refractivity contribution in [2.75, 3.05) is 30.5 Å². The number of sulfonamides is 1. The lowest BCUT2D eigenvalue weighted by Gasteiger charge is -2.13. The minimum Gasteiger partial charge on any atom is -0.330 e. The van der Waals surface area contributed by atoms with E-state index in [1.54, 1.807) is 0 Å². The van der Waals surface area contributed by atoms with Crippen LogP contribution in [0.3, 0.4) is 0 Å². The van der Waals surface area contributed by atoms with E-state index in [1.165, 1.54) is 55.4 Å². The molecule has 0 aliphatic heterocycles. The van der Waals surface area contributed by atoms with Crippen LogP contribution in [0, 0.1) is 0 Å². The lowest BCUT2D eigenvalue weighted by atomic mass is 10.3. The number of aromatic nitrogens is 2. The average molecular weight is 484 g/mol. The van der Waals surface area contributed by atoms with Crippen molar-refractivity contribution in [3.63, 3.8) is 0 Å². The third-order valence-electron chi connectivity index (χ3n) is 3.75. The fourth-order valence-corrected chi connectivity index (χ4v) is 4.91. The van der Waals surface area contributed by atoms with Gasteiger partial charge in [-0.1, -0.05) is 52.9 Å². The van der Waals surface area contributed by atoms with Gasteiger partial charge in [0.1, 0.15) is 0 Å². The molecule has 0 fully saturated rings. The maximum Gasteiger partial charge on any atom is 0.242 e. The summed E-state index contributed by atoms with van der Waals surface area (Å²) >= 11 is 8.66. The van der Waals surface area contributed by atoms with Crippen LogP contribution < -0.4 is 10.6 Å². The summed E-state index contributed by atoms with van der Waals surface area (Å²) in [5, 5.41) is 14.8. The van der Waals surface area contributed by atoms with Crippen molar-refractivity contribution >= 4 is 67.1 Å². The number of nitrogens with zero attached hydrogens (tertiary/aromatic N) is 3. The van der Waals surface area contributed by atoms with Gasteiger partial charge in [-0.15, -0.1) is 10.2 Å². The molecule has 0 atom stereocenters. The second-order valence-electron chi connectivity index (χ2n) is 6.13. The molecule has 12 heteroatoms. The summed E-state index contributed by atoms with van der Waals surface area (Å²) in [6.45, 7) is 0. The number of amides is 1. The molecule has 1 aromatic heterocycles. The lowest BCUT2D eigenvalue weighted by molar-refractivity contribution is -0.113. The van der Waals surface area contributed by atoms with Crippen molar-refractivity contribution in [1.29, 1.82) is 0 Å². The van der Waals surface area contributed by atoms with Crippen molar-refractivity contribution < 1.29 is 13.2 Å². The molecule has 0 unspecified atom stereocenters. The van der Waals surface area contributed by atoms with Gasteiger partial charge in [0, 0.05) is 19.8 Å². The summed E-state index contributed by atoms with van der Waals surface area (Å²) in [6, 6.07) is 13.7. The second-order valence-corrected chi connectivity index (χ2v) is 10.9. The molecule has 158 valence electrons. The molecule has 0 spiro atoms. The van der Waals surface area contributed by atoms with Crippen LogP contribution in [0.2, 0.25) is 5.02 Å².